The summed E-state index contributed by atoms with van der Waals surface area (Å²) in [6.45, 7) is 2.55. The molecule has 0 unspecified atom stereocenters. The van der Waals surface area contributed by atoms with E-state index in [1.807, 2.05) is 5.38 Å². The fraction of sp³-hybridized carbons (Fsp3) is 0.308. The maximum absolute atomic E-state index is 12.6. The SMILES string of the molecule is CCc1csc(CCNC(=O)Nc2ccc(F)nc2)n1. The van der Waals surface area contributed by atoms with Gasteiger partial charge < -0.3 is 10.6 Å². The molecule has 0 aromatic carbocycles. The Morgan fingerprint density at radius 1 is 1.45 bits per heavy atom. The summed E-state index contributed by atoms with van der Waals surface area (Å²) in [7, 11) is 0. The van der Waals surface area contributed by atoms with Crippen LogP contribution >= 0.6 is 11.3 Å². The molecule has 5 nitrogen and oxygen atoms in total. The zero-order chi connectivity index (χ0) is 14.4. The van der Waals surface area contributed by atoms with Gasteiger partial charge in [-0.3, -0.25) is 0 Å². The molecule has 2 aromatic rings. The number of rotatable bonds is 5. The fourth-order valence-corrected chi connectivity index (χ4v) is 2.42. The van der Waals surface area contributed by atoms with Gasteiger partial charge in [0.15, 0.2) is 0 Å². The second kappa shape index (κ2) is 6.95. The number of carbonyl (C=O) groups is 1. The van der Waals surface area contributed by atoms with Gasteiger partial charge in [0.1, 0.15) is 0 Å². The first-order valence-electron chi connectivity index (χ1n) is 6.27. The zero-order valence-corrected chi connectivity index (χ0v) is 11.8. The Kier molecular flexibility index (Phi) is 5.00. The molecule has 0 spiro atoms. The molecule has 0 saturated heterocycles. The van der Waals surface area contributed by atoms with E-state index >= 15 is 0 Å². The van der Waals surface area contributed by atoms with Gasteiger partial charge in [0.25, 0.3) is 0 Å². The van der Waals surface area contributed by atoms with E-state index in [1.54, 1.807) is 11.3 Å². The number of amides is 2. The van der Waals surface area contributed by atoms with Crippen LogP contribution in [-0.4, -0.2) is 22.5 Å². The number of aromatic nitrogens is 2. The molecule has 2 aromatic heterocycles. The number of aryl methyl sites for hydroxylation is 1. The molecule has 0 fully saturated rings. The van der Waals surface area contributed by atoms with Crippen LogP contribution in [0.3, 0.4) is 0 Å². The van der Waals surface area contributed by atoms with Crippen LogP contribution in [0.15, 0.2) is 23.7 Å². The van der Waals surface area contributed by atoms with E-state index in [2.05, 4.69) is 27.5 Å². The van der Waals surface area contributed by atoms with Crippen molar-refractivity contribution in [3.63, 3.8) is 0 Å². The van der Waals surface area contributed by atoms with Crippen molar-refractivity contribution in [1.29, 1.82) is 0 Å². The number of nitrogens with zero attached hydrogens (tertiary/aromatic N) is 2. The summed E-state index contributed by atoms with van der Waals surface area (Å²) in [5, 5.41) is 8.32. The van der Waals surface area contributed by atoms with Crippen molar-refractivity contribution in [2.45, 2.75) is 19.8 Å². The maximum atomic E-state index is 12.6. The van der Waals surface area contributed by atoms with E-state index in [9.17, 15) is 9.18 Å². The Balaban J connectivity index is 1.73. The highest BCUT2D eigenvalue weighted by Gasteiger charge is 2.04. The first kappa shape index (κ1) is 14.4. The van der Waals surface area contributed by atoms with Gasteiger partial charge in [0, 0.05) is 18.3 Å². The normalized spacial score (nSPS) is 10.3. The summed E-state index contributed by atoms with van der Waals surface area (Å²) in [5.41, 5.74) is 1.53. The molecule has 0 aliphatic heterocycles. The van der Waals surface area contributed by atoms with E-state index < -0.39 is 5.95 Å². The first-order chi connectivity index (χ1) is 9.67. The van der Waals surface area contributed by atoms with Gasteiger partial charge in [-0.15, -0.1) is 11.3 Å². The van der Waals surface area contributed by atoms with Crippen molar-refractivity contribution in [2.75, 3.05) is 11.9 Å². The monoisotopic (exact) mass is 294 g/mol. The molecule has 0 radical (unpaired) electrons. The van der Waals surface area contributed by atoms with E-state index in [4.69, 9.17) is 0 Å². The lowest BCUT2D eigenvalue weighted by atomic mass is 10.4. The largest absolute Gasteiger partial charge is 0.337 e. The van der Waals surface area contributed by atoms with Crippen LogP contribution < -0.4 is 10.6 Å². The summed E-state index contributed by atoms with van der Waals surface area (Å²) in [6.07, 6.45) is 2.88. The molecule has 0 saturated carbocycles. The highest BCUT2D eigenvalue weighted by Crippen LogP contribution is 2.10. The molecule has 7 heteroatoms. The summed E-state index contributed by atoms with van der Waals surface area (Å²) < 4.78 is 12.6. The standard InChI is InChI=1S/C13H15FN4OS/c1-2-9-8-20-12(17-9)5-6-15-13(19)18-10-3-4-11(14)16-7-10/h3-4,7-8H,2,5-6H2,1H3,(H2,15,18,19). The molecular weight excluding hydrogens is 279 g/mol. The number of halogens is 1. The second-order valence-electron chi connectivity index (χ2n) is 4.09. The van der Waals surface area contributed by atoms with Crippen LogP contribution in [-0.2, 0) is 12.8 Å². The minimum absolute atomic E-state index is 0.342. The minimum atomic E-state index is -0.577. The summed E-state index contributed by atoms with van der Waals surface area (Å²) in [6, 6.07) is 2.30. The molecule has 106 valence electrons. The van der Waals surface area contributed by atoms with Crippen LogP contribution in [0, 0.1) is 5.95 Å². The van der Waals surface area contributed by atoms with Crippen LogP contribution in [0.25, 0.3) is 0 Å². The first-order valence-corrected chi connectivity index (χ1v) is 7.15. The molecule has 2 amide bonds. The van der Waals surface area contributed by atoms with Gasteiger partial charge >= 0.3 is 6.03 Å². The Morgan fingerprint density at radius 3 is 2.95 bits per heavy atom. The van der Waals surface area contributed by atoms with Crippen molar-refractivity contribution in [3.8, 4) is 0 Å². The number of pyridine rings is 1. The third-order valence-corrected chi connectivity index (χ3v) is 3.53. The molecule has 0 aliphatic carbocycles. The van der Waals surface area contributed by atoms with Crippen molar-refractivity contribution in [1.82, 2.24) is 15.3 Å². The number of thiazole rings is 1. The molecule has 2 heterocycles. The highest BCUT2D eigenvalue weighted by atomic mass is 32.1. The van der Waals surface area contributed by atoms with Gasteiger partial charge in [-0.2, -0.15) is 4.39 Å². The van der Waals surface area contributed by atoms with Crippen molar-refractivity contribution in [3.05, 3.63) is 40.4 Å². The predicted octanol–water partition coefficient (Wildman–Crippen LogP) is 2.60. The van der Waals surface area contributed by atoms with Crippen molar-refractivity contribution in [2.24, 2.45) is 0 Å². The van der Waals surface area contributed by atoms with Gasteiger partial charge in [-0.05, 0) is 18.6 Å². The number of anilines is 1. The van der Waals surface area contributed by atoms with Crippen molar-refractivity contribution >= 4 is 23.1 Å². The fourth-order valence-electron chi connectivity index (χ4n) is 1.53. The summed E-state index contributed by atoms with van der Waals surface area (Å²) in [5.74, 6) is -0.577. The van der Waals surface area contributed by atoms with Gasteiger partial charge in [-0.1, -0.05) is 6.92 Å². The third kappa shape index (κ3) is 4.27. The molecule has 2 rings (SSSR count). The van der Waals surface area contributed by atoms with Gasteiger partial charge in [-0.25, -0.2) is 14.8 Å². The highest BCUT2D eigenvalue weighted by molar-refractivity contribution is 7.09. The quantitative estimate of drug-likeness (QED) is 0.833. The average molecular weight is 294 g/mol. The summed E-state index contributed by atoms with van der Waals surface area (Å²) in [4.78, 5) is 19.5. The Bertz CT molecular complexity index is 570. The number of urea groups is 1. The molecule has 0 bridgehead atoms. The van der Waals surface area contributed by atoms with Crippen LogP contribution in [0.4, 0.5) is 14.9 Å². The average Bonchev–Trinajstić information content (AvgIpc) is 2.89. The summed E-state index contributed by atoms with van der Waals surface area (Å²) >= 11 is 1.60. The molecule has 0 atom stereocenters. The lowest BCUT2D eigenvalue weighted by molar-refractivity contribution is 0.252. The van der Waals surface area contributed by atoms with Crippen LogP contribution in [0.1, 0.15) is 17.6 Å². The van der Waals surface area contributed by atoms with E-state index in [0.717, 1.165) is 17.1 Å². The molecule has 0 aliphatic rings. The zero-order valence-electron chi connectivity index (χ0n) is 11.0. The number of hydrogen-bond donors (Lipinski definition) is 2. The third-order valence-electron chi connectivity index (χ3n) is 2.57. The lowest BCUT2D eigenvalue weighted by Gasteiger charge is -2.06. The van der Waals surface area contributed by atoms with Crippen molar-refractivity contribution < 1.29 is 9.18 Å². The minimum Gasteiger partial charge on any atom is -0.337 e. The molecule has 2 N–H and O–H groups in total. The van der Waals surface area contributed by atoms with Crippen LogP contribution in [0.5, 0.6) is 0 Å². The van der Waals surface area contributed by atoms with Gasteiger partial charge in [0.2, 0.25) is 5.95 Å². The Morgan fingerprint density at radius 2 is 2.30 bits per heavy atom. The Hall–Kier alpha value is -2.02. The smallest absolute Gasteiger partial charge is 0.319 e. The Labute approximate surface area is 120 Å². The van der Waals surface area contributed by atoms with E-state index in [1.165, 1.54) is 18.3 Å². The van der Waals surface area contributed by atoms with E-state index in [0.29, 0.717) is 18.7 Å². The maximum Gasteiger partial charge on any atom is 0.319 e. The molecular formula is C13H15FN4OS. The lowest BCUT2D eigenvalue weighted by Crippen LogP contribution is -2.30. The number of hydrogen-bond acceptors (Lipinski definition) is 4. The molecule has 20 heavy (non-hydrogen) atoms. The number of nitrogens with one attached hydrogen (secondary N) is 2. The van der Waals surface area contributed by atoms with E-state index in [-0.39, 0.29) is 6.03 Å². The topological polar surface area (TPSA) is 66.9 Å². The van der Waals surface area contributed by atoms with Gasteiger partial charge in [0.05, 0.1) is 22.6 Å². The second-order valence-corrected chi connectivity index (χ2v) is 5.03. The predicted molar refractivity (Wildman–Crippen MR) is 76.4 cm³/mol. The van der Waals surface area contributed by atoms with Crippen LogP contribution in [0.2, 0.25) is 0 Å². The number of carbonyl (C=O) groups excluding carboxylic acids is 1.